The van der Waals surface area contributed by atoms with Crippen LogP contribution >= 0.6 is 23.2 Å². The molecule has 0 amide bonds. The van der Waals surface area contributed by atoms with E-state index >= 15 is 0 Å². The van der Waals surface area contributed by atoms with Gasteiger partial charge in [-0.25, -0.2) is 0 Å². The molecule has 2 aromatic rings. The summed E-state index contributed by atoms with van der Waals surface area (Å²) in [5.74, 6) is 0. The molecule has 0 aromatic heterocycles. The van der Waals surface area contributed by atoms with Crippen molar-refractivity contribution in [2.24, 2.45) is 0 Å². The minimum atomic E-state index is 0.401. The molecule has 2 aromatic carbocycles. The average Bonchev–Trinajstić information content (AvgIpc) is 2.77. The van der Waals surface area contributed by atoms with Crippen molar-refractivity contribution in [2.45, 2.75) is 18.9 Å². The first-order valence-electron chi connectivity index (χ1n) is 6.01. The van der Waals surface area contributed by atoms with E-state index in [2.05, 4.69) is 29.6 Å². The van der Waals surface area contributed by atoms with Gasteiger partial charge in [0.05, 0.1) is 15.7 Å². The summed E-state index contributed by atoms with van der Waals surface area (Å²) in [6.07, 6.45) is 2.08. The van der Waals surface area contributed by atoms with Crippen molar-refractivity contribution >= 4 is 28.9 Å². The minimum absolute atomic E-state index is 0.401. The summed E-state index contributed by atoms with van der Waals surface area (Å²) in [4.78, 5) is 0. The standard InChI is InChI=1S/C15H13Cl2N/c16-13-6-3-7-14(15(13)17)18-12-8-10-4-1-2-5-11(10)9-12/h1-7,12,18H,8-9H2. The Morgan fingerprint density at radius 1 is 0.889 bits per heavy atom. The SMILES string of the molecule is Clc1cccc(NC2Cc3ccccc3C2)c1Cl. The molecule has 0 bridgehead atoms. The molecule has 1 aliphatic rings. The molecular formula is C15H13Cl2N. The Morgan fingerprint density at radius 2 is 1.56 bits per heavy atom. The lowest BCUT2D eigenvalue weighted by molar-refractivity contribution is 0.774. The summed E-state index contributed by atoms with van der Waals surface area (Å²) in [5, 5.41) is 4.68. The highest BCUT2D eigenvalue weighted by atomic mass is 35.5. The fourth-order valence-corrected chi connectivity index (χ4v) is 2.85. The Bertz CT molecular complexity index is 555. The first kappa shape index (κ1) is 11.9. The maximum atomic E-state index is 6.19. The molecule has 0 spiro atoms. The highest BCUT2D eigenvalue weighted by Gasteiger charge is 2.21. The van der Waals surface area contributed by atoms with Gasteiger partial charge in [-0.05, 0) is 36.1 Å². The molecule has 0 fully saturated rings. The molecular weight excluding hydrogens is 265 g/mol. The number of halogens is 2. The van der Waals surface area contributed by atoms with E-state index in [1.807, 2.05) is 12.1 Å². The fourth-order valence-electron chi connectivity index (χ4n) is 2.50. The zero-order valence-corrected chi connectivity index (χ0v) is 11.3. The highest BCUT2D eigenvalue weighted by molar-refractivity contribution is 6.43. The predicted molar refractivity (Wildman–Crippen MR) is 77.7 cm³/mol. The van der Waals surface area contributed by atoms with Crippen molar-refractivity contribution in [3.05, 3.63) is 63.6 Å². The number of hydrogen-bond donors (Lipinski definition) is 1. The van der Waals surface area contributed by atoms with Crippen molar-refractivity contribution in [2.75, 3.05) is 5.32 Å². The van der Waals surface area contributed by atoms with E-state index in [1.165, 1.54) is 11.1 Å². The lowest BCUT2D eigenvalue weighted by atomic mass is 10.1. The van der Waals surface area contributed by atoms with Gasteiger partial charge in [0.25, 0.3) is 0 Å². The normalized spacial score (nSPS) is 14.6. The first-order valence-corrected chi connectivity index (χ1v) is 6.77. The molecule has 1 aliphatic carbocycles. The second-order valence-corrected chi connectivity index (χ2v) is 5.40. The highest BCUT2D eigenvalue weighted by Crippen LogP contribution is 2.32. The summed E-state index contributed by atoms with van der Waals surface area (Å²) in [6, 6.07) is 14.7. The summed E-state index contributed by atoms with van der Waals surface area (Å²) >= 11 is 12.2. The molecule has 3 heteroatoms. The van der Waals surface area contributed by atoms with Crippen molar-refractivity contribution in [1.82, 2.24) is 0 Å². The van der Waals surface area contributed by atoms with Gasteiger partial charge in [0.1, 0.15) is 0 Å². The van der Waals surface area contributed by atoms with Crippen LogP contribution in [0.15, 0.2) is 42.5 Å². The van der Waals surface area contributed by atoms with Gasteiger partial charge in [0.2, 0.25) is 0 Å². The summed E-state index contributed by atoms with van der Waals surface area (Å²) in [5.41, 5.74) is 3.77. The number of rotatable bonds is 2. The molecule has 18 heavy (non-hydrogen) atoms. The van der Waals surface area contributed by atoms with Crippen molar-refractivity contribution in [1.29, 1.82) is 0 Å². The number of hydrogen-bond acceptors (Lipinski definition) is 1. The van der Waals surface area contributed by atoms with E-state index < -0.39 is 0 Å². The third kappa shape index (κ3) is 2.21. The molecule has 1 N–H and O–H groups in total. The number of nitrogens with one attached hydrogen (secondary N) is 1. The summed E-state index contributed by atoms with van der Waals surface area (Å²) in [6.45, 7) is 0. The molecule has 0 saturated carbocycles. The van der Waals surface area contributed by atoms with E-state index in [0.717, 1.165) is 18.5 Å². The van der Waals surface area contributed by atoms with Crippen LogP contribution in [-0.4, -0.2) is 6.04 Å². The Labute approximate surface area is 117 Å². The van der Waals surface area contributed by atoms with E-state index in [9.17, 15) is 0 Å². The monoisotopic (exact) mass is 277 g/mol. The smallest absolute Gasteiger partial charge is 0.0823 e. The molecule has 0 heterocycles. The molecule has 0 unspecified atom stereocenters. The maximum Gasteiger partial charge on any atom is 0.0823 e. The number of fused-ring (bicyclic) bond motifs is 1. The van der Waals surface area contributed by atoms with Crippen molar-refractivity contribution in [3.63, 3.8) is 0 Å². The van der Waals surface area contributed by atoms with Crippen LogP contribution in [0.5, 0.6) is 0 Å². The molecule has 3 rings (SSSR count). The van der Waals surface area contributed by atoms with Gasteiger partial charge in [0, 0.05) is 6.04 Å². The van der Waals surface area contributed by atoms with Crippen LogP contribution < -0.4 is 5.32 Å². The predicted octanol–water partition coefficient (Wildman–Crippen LogP) is 4.57. The quantitative estimate of drug-likeness (QED) is 0.848. The molecule has 92 valence electrons. The van der Waals surface area contributed by atoms with Crippen LogP contribution in [0.25, 0.3) is 0 Å². The zero-order chi connectivity index (χ0) is 12.5. The van der Waals surface area contributed by atoms with Crippen LogP contribution in [0.3, 0.4) is 0 Å². The van der Waals surface area contributed by atoms with E-state index in [0.29, 0.717) is 16.1 Å². The van der Waals surface area contributed by atoms with Crippen LogP contribution in [0.1, 0.15) is 11.1 Å². The summed E-state index contributed by atoms with van der Waals surface area (Å²) < 4.78 is 0. The van der Waals surface area contributed by atoms with Gasteiger partial charge in [-0.15, -0.1) is 0 Å². The van der Waals surface area contributed by atoms with E-state index in [1.54, 1.807) is 6.07 Å². The fraction of sp³-hybridized carbons (Fsp3) is 0.200. The largest absolute Gasteiger partial charge is 0.380 e. The Hall–Kier alpha value is -1.18. The van der Waals surface area contributed by atoms with E-state index in [-0.39, 0.29) is 0 Å². The molecule has 0 saturated heterocycles. The van der Waals surface area contributed by atoms with Gasteiger partial charge in [-0.1, -0.05) is 53.5 Å². The van der Waals surface area contributed by atoms with Crippen LogP contribution in [0.4, 0.5) is 5.69 Å². The Kier molecular flexibility index (Phi) is 3.19. The van der Waals surface area contributed by atoms with Crippen LogP contribution in [-0.2, 0) is 12.8 Å². The van der Waals surface area contributed by atoms with Gasteiger partial charge < -0.3 is 5.32 Å². The number of benzene rings is 2. The maximum absolute atomic E-state index is 6.19. The second kappa shape index (κ2) is 4.83. The lowest BCUT2D eigenvalue weighted by Crippen LogP contribution is -2.19. The molecule has 0 aliphatic heterocycles. The first-order chi connectivity index (χ1) is 8.74. The molecule has 0 atom stereocenters. The van der Waals surface area contributed by atoms with Crippen molar-refractivity contribution < 1.29 is 0 Å². The van der Waals surface area contributed by atoms with Gasteiger partial charge >= 0.3 is 0 Å². The Morgan fingerprint density at radius 3 is 2.22 bits per heavy atom. The van der Waals surface area contributed by atoms with E-state index in [4.69, 9.17) is 23.2 Å². The molecule has 1 nitrogen and oxygen atoms in total. The minimum Gasteiger partial charge on any atom is -0.380 e. The van der Waals surface area contributed by atoms with Crippen LogP contribution in [0.2, 0.25) is 10.0 Å². The number of anilines is 1. The third-order valence-electron chi connectivity index (χ3n) is 3.36. The topological polar surface area (TPSA) is 12.0 Å². The second-order valence-electron chi connectivity index (χ2n) is 4.62. The average molecular weight is 278 g/mol. The van der Waals surface area contributed by atoms with Gasteiger partial charge in [-0.3, -0.25) is 0 Å². The molecule has 0 radical (unpaired) electrons. The zero-order valence-electron chi connectivity index (χ0n) is 9.79. The third-order valence-corrected chi connectivity index (χ3v) is 4.18. The van der Waals surface area contributed by atoms with Crippen LogP contribution in [0, 0.1) is 0 Å². The lowest BCUT2D eigenvalue weighted by Gasteiger charge is -2.15. The Balaban J connectivity index is 1.78. The van der Waals surface area contributed by atoms with Gasteiger partial charge in [0.15, 0.2) is 0 Å². The van der Waals surface area contributed by atoms with Gasteiger partial charge in [-0.2, -0.15) is 0 Å². The van der Waals surface area contributed by atoms with Crippen molar-refractivity contribution in [3.8, 4) is 0 Å². The summed E-state index contributed by atoms with van der Waals surface area (Å²) in [7, 11) is 0.